The minimum atomic E-state index is -0.204. The van der Waals surface area contributed by atoms with Crippen molar-refractivity contribution in [3.63, 3.8) is 0 Å². The molecule has 3 N–H and O–H groups in total. The number of hydrogen-bond acceptors (Lipinski definition) is 3. The third-order valence-electron chi connectivity index (χ3n) is 3.42. The maximum Gasteiger partial charge on any atom is 0.246 e. The molecule has 0 aliphatic rings. The molecule has 1 aromatic carbocycles. The van der Waals surface area contributed by atoms with E-state index in [2.05, 4.69) is 40.7 Å². The first-order chi connectivity index (χ1) is 12.5. The summed E-state index contributed by atoms with van der Waals surface area (Å²) in [5.41, 5.74) is 1.39. The number of nitrogens with one attached hydrogen (secondary N) is 3. The Hall–Kier alpha value is -1.79. The second-order valence-corrected chi connectivity index (χ2v) is 6.19. The number of nitrogens with zero attached hydrogens (tertiary/aromatic N) is 1. The van der Waals surface area contributed by atoms with Gasteiger partial charge in [0, 0.05) is 30.9 Å². The molecule has 1 aromatic rings. The molecular weight excluding hydrogens is 455 g/mol. The molecule has 0 saturated heterocycles. The lowest BCUT2D eigenvalue weighted by Crippen LogP contribution is -2.39. The number of aliphatic imine (C=N–C) groups is 1. The summed E-state index contributed by atoms with van der Waals surface area (Å²) < 4.78 is 5.56. The second-order valence-electron chi connectivity index (χ2n) is 6.19. The van der Waals surface area contributed by atoms with Gasteiger partial charge in [0.25, 0.3) is 0 Å². The van der Waals surface area contributed by atoms with E-state index in [1.807, 2.05) is 13.0 Å². The molecule has 0 heterocycles. The van der Waals surface area contributed by atoms with Crippen LogP contribution in [0.1, 0.15) is 32.8 Å². The molecule has 0 saturated carbocycles. The standard InChI is InChI=1S/C20H30N4O2.HI/c1-5-17-8-7-9-18(14-17)24-19(25)15-23-20(21-6-2)22-11-13-26-12-10-16(3)4;/h1,7-9,14,16H,6,10-13,15H2,2-4H3,(H,24,25)(H2,21,22,23);1H. The van der Waals surface area contributed by atoms with Gasteiger partial charge in [-0.25, -0.2) is 4.99 Å². The molecule has 1 amide bonds. The van der Waals surface area contributed by atoms with Crippen molar-refractivity contribution in [2.45, 2.75) is 27.2 Å². The van der Waals surface area contributed by atoms with E-state index in [1.165, 1.54) is 0 Å². The van der Waals surface area contributed by atoms with Crippen LogP contribution in [0, 0.1) is 18.3 Å². The number of guanidine groups is 1. The highest BCUT2D eigenvalue weighted by molar-refractivity contribution is 14.0. The normalized spacial score (nSPS) is 10.7. The van der Waals surface area contributed by atoms with Gasteiger partial charge in [0.1, 0.15) is 6.54 Å². The number of amides is 1. The van der Waals surface area contributed by atoms with Gasteiger partial charge < -0.3 is 20.7 Å². The van der Waals surface area contributed by atoms with E-state index in [9.17, 15) is 4.79 Å². The van der Waals surface area contributed by atoms with Crippen molar-refractivity contribution >= 4 is 41.5 Å². The van der Waals surface area contributed by atoms with E-state index in [0.717, 1.165) is 18.6 Å². The van der Waals surface area contributed by atoms with Crippen LogP contribution in [0.15, 0.2) is 29.3 Å². The van der Waals surface area contributed by atoms with Gasteiger partial charge in [-0.15, -0.1) is 30.4 Å². The predicted molar refractivity (Wildman–Crippen MR) is 123 cm³/mol. The smallest absolute Gasteiger partial charge is 0.246 e. The van der Waals surface area contributed by atoms with Crippen LogP contribution >= 0.6 is 24.0 Å². The molecule has 0 atom stereocenters. The summed E-state index contributed by atoms with van der Waals surface area (Å²) in [6, 6.07) is 7.16. The first-order valence-corrected chi connectivity index (χ1v) is 9.01. The average molecular weight is 486 g/mol. The molecule has 0 bridgehead atoms. The lowest BCUT2D eigenvalue weighted by Gasteiger charge is -2.12. The van der Waals surface area contributed by atoms with Crippen molar-refractivity contribution < 1.29 is 9.53 Å². The fourth-order valence-electron chi connectivity index (χ4n) is 2.04. The zero-order valence-electron chi connectivity index (χ0n) is 16.4. The average Bonchev–Trinajstić information content (AvgIpc) is 2.62. The Balaban J connectivity index is 0.00000676. The van der Waals surface area contributed by atoms with Crippen molar-refractivity contribution in [2.24, 2.45) is 10.9 Å². The third-order valence-corrected chi connectivity index (χ3v) is 3.42. The minimum Gasteiger partial charge on any atom is -0.380 e. The molecule has 7 heteroatoms. The van der Waals surface area contributed by atoms with Crippen molar-refractivity contribution in [2.75, 3.05) is 38.2 Å². The number of halogens is 1. The van der Waals surface area contributed by atoms with Gasteiger partial charge in [-0.05, 0) is 37.5 Å². The Morgan fingerprint density at radius 2 is 2.07 bits per heavy atom. The van der Waals surface area contributed by atoms with E-state index in [0.29, 0.717) is 37.3 Å². The Kier molecular flexibility index (Phi) is 14.3. The van der Waals surface area contributed by atoms with E-state index in [1.54, 1.807) is 18.2 Å². The monoisotopic (exact) mass is 486 g/mol. The van der Waals surface area contributed by atoms with E-state index < -0.39 is 0 Å². The number of rotatable bonds is 10. The highest BCUT2D eigenvalue weighted by Gasteiger charge is 2.04. The van der Waals surface area contributed by atoms with E-state index >= 15 is 0 Å². The molecule has 0 aromatic heterocycles. The fraction of sp³-hybridized carbons (Fsp3) is 0.500. The number of ether oxygens (including phenoxy) is 1. The zero-order chi connectivity index (χ0) is 19.2. The third kappa shape index (κ3) is 12.3. The molecule has 27 heavy (non-hydrogen) atoms. The lowest BCUT2D eigenvalue weighted by molar-refractivity contribution is -0.114. The Morgan fingerprint density at radius 3 is 2.74 bits per heavy atom. The summed E-state index contributed by atoms with van der Waals surface area (Å²) in [7, 11) is 0. The first kappa shape index (κ1) is 25.2. The topological polar surface area (TPSA) is 74.8 Å². The van der Waals surface area contributed by atoms with Crippen LogP contribution in [0.2, 0.25) is 0 Å². The molecule has 1 rings (SSSR count). The summed E-state index contributed by atoms with van der Waals surface area (Å²) in [5.74, 6) is 3.57. The van der Waals surface area contributed by atoms with Crippen molar-refractivity contribution in [3.05, 3.63) is 29.8 Å². The van der Waals surface area contributed by atoms with Gasteiger partial charge >= 0.3 is 0 Å². The van der Waals surface area contributed by atoms with Gasteiger partial charge in [-0.3, -0.25) is 4.79 Å². The van der Waals surface area contributed by atoms with Gasteiger partial charge in [0.15, 0.2) is 5.96 Å². The van der Waals surface area contributed by atoms with Crippen LogP contribution < -0.4 is 16.0 Å². The predicted octanol–water partition coefficient (Wildman–Crippen LogP) is 2.84. The summed E-state index contributed by atoms with van der Waals surface area (Å²) in [5, 5.41) is 9.05. The molecule has 0 spiro atoms. The van der Waals surface area contributed by atoms with Crippen molar-refractivity contribution in [1.29, 1.82) is 0 Å². The quantitative estimate of drug-likeness (QED) is 0.156. The zero-order valence-corrected chi connectivity index (χ0v) is 18.7. The maximum atomic E-state index is 12.0. The van der Waals surface area contributed by atoms with Gasteiger partial charge in [-0.1, -0.05) is 25.8 Å². The number of carbonyl (C=O) groups excluding carboxylic acids is 1. The molecule has 150 valence electrons. The van der Waals surface area contributed by atoms with Crippen LogP contribution in [0.3, 0.4) is 0 Å². The lowest BCUT2D eigenvalue weighted by atomic mass is 10.1. The number of carbonyl (C=O) groups is 1. The Morgan fingerprint density at radius 1 is 1.30 bits per heavy atom. The van der Waals surface area contributed by atoms with Crippen LogP contribution in [0.25, 0.3) is 0 Å². The van der Waals surface area contributed by atoms with E-state index in [4.69, 9.17) is 11.2 Å². The maximum absolute atomic E-state index is 12.0. The Bertz CT molecular complexity index is 627. The number of terminal acetylenes is 1. The van der Waals surface area contributed by atoms with Crippen LogP contribution in [0.4, 0.5) is 5.69 Å². The van der Waals surface area contributed by atoms with E-state index in [-0.39, 0.29) is 36.4 Å². The van der Waals surface area contributed by atoms with Crippen molar-refractivity contribution in [1.82, 2.24) is 10.6 Å². The number of anilines is 1. The van der Waals surface area contributed by atoms with Crippen LogP contribution in [0.5, 0.6) is 0 Å². The summed E-state index contributed by atoms with van der Waals surface area (Å²) >= 11 is 0. The molecule has 6 nitrogen and oxygen atoms in total. The van der Waals surface area contributed by atoms with Gasteiger partial charge in [0.2, 0.25) is 5.91 Å². The summed E-state index contributed by atoms with van der Waals surface area (Å²) in [4.78, 5) is 16.3. The molecule has 0 aliphatic carbocycles. The van der Waals surface area contributed by atoms with Gasteiger partial charge in [0.05, 0.1) is 6.61 Å². The van der Waals surface area contributed by atoms with Crippen LogP contribution in [-0.4, -0.2) is 44.7 Å². The highest BCUT2D eigenvalue weighted by Crippen LogP contribution is 2.09. The molecule has 0 unspecified atom stereocenters. The molecule has 0 radical (unpaired) electrons. The highest BCUT2D eigenvalue weighted by atomic mass is 127. The molecule has 0 aliphatic heterocycles. The summed E-state index contributed by atoms with van der Waals surface area (Å²) in [6.45, 7) is 9.04. The van der Waals surface area contributed by atoms with Crippen molar-refractivity contribution in [3.8, 4) is 12.3 Å². The fourth-order valence-corrected chi connectivity index (χ4v) is 2.04. The number of benzene rings is 1. The number of hydrogen-bond donors (Lipinski definition) is 3. The summed E-state index contributed by atoms with van der Waals surface area (Å²) in [6.07, 6.45) is 6.41. The second kappa shape index (κ2) is 15.3. The molecular formula is C20H31IN4O2. The van der Waals surface area contributed by atoms with Crippen LogP contribution in [-0.2, 0) is 9.53 Å². The largest absolute Gasteiger partial charge is 0.380 e. The van der Waals surface area contributed by atoms with Gasteiger partial charge in [-0.2, -0.15) is 0 Å². The SMILES string of the molecule is C#Cc1cccc(NC(=O)CN=C(NCC)NCCOCCC(C)C)c1.I. The molecule has 0 fully saturated rings. The minimum absolute atomic E-state index is 0. The Labute approximate surface area is 180 Å². The first-order valence-electron chi connectivity index (χ1n) is 9.01.